The van der Waals surface area contributed by atoms with Gasteiger partial charge in [0, 0.05) is 6.61 Å². The van der Waals surface area contributed by atoms with Crippen molar-refractivity contribution in [3.8, 4) is 0 Å². The molecule has 0 amide bonds. The number of unbranched alkanes of at least 4 members (excludes halogenated alkanes) is 2. The molecule has 1 aliphatic heterocycles. The van der Waals surface area contributed by atoms with Crippen molar-refractivity contribution in [1.82, 2.24) is 0 Å². The minimum atomic E-state index is 0.597. The van der Waals surface area contributed by atoms with Crippen LogP contribution < -0.4 is 0 Å². The van der Waals surface area contributed by atoms with E-state index in [9.17, 15) is 0 Å². The molecule has 0 saturated carbocycles. The molecule has 1 nitrogen and oxygen atoms in total. The number of rotatable bonds is 8. The summed E-state index contributed by atoms with van der Waals surface area (Å²) in [7, 11) is 0. The summed E-state index contributed by atoms with van der Waals surface area (Å²) in [4.78, 5) is 0. The Hall–Kier alpha value is 0.310. The lowest BCUT2D eigenvalue weighted by Crippen LogP contribution is -2.18. The van der Waals surface area contributed by atoms with E-state index in [2.05, 4.69) is 18.7 Å². The van der Waals surface area contributed by atoms with Crippen LogP contribution in [0.3, 0.4) is 0 Å². The van der Waals surface area contributed by atoms with E-state index in [0.29, 0.717) is 6.10 Å². The zero-order chi connectivity index (χ0) is 10.8. The molecule has 90 valence electrons. The van der Waals surface area contributed by atoms with E-state index < -0.39 is 0 Å². The van der Waals surface area contributed by atoms with Crippen LogP contribution in [0.5, 0.6) is 0 Å². The number of hydrogen-bond acceptors (Lipinski definition) is 2. The van der Waals surface area contributed by atoms with Gasteiger partial charge in [-0.1, -0.05) is 19.8 Å². The third-order valence-electron chi connectivity index (χ3n) is 2.98. The molecule has 0 spiro atoms. The predicted molar refractivity (Wildman–Crippen MR) is 69.7 cm³/mol. The Morgan fingerprint density at radius 1 is 1.13 bits per heavy atom. The van der Waals surface area contributed by atoms with Crippen LogP contribution in [0.4, 0.5) is 0 Å². The molecule has 1 heterocycles. The molecule has 0 aliphatic carbocycles. The van der Waals surface area contributed by atoms with Crippen molar-refractivity contribution in [2.24, 2.45) is 0 Å². The molecule has 1 saturated heterocycles. The van der Waals surface area contributed by atoms with Crippen LogP contribution >= 0.6 is 11.8 Å². The van der Waals surface area contributed by atoms with Crippen LogP contribution in [0, 0.1) is 0 Å². The van der Waals surface area contributed by atoms with E-state index in [0.717, 1.165) is 6.61 Å². The van der Waals surface area contributed by atoms with Crippen LogP contribution in [0.2, 0.25) is 0 Å². The van der Waals surface area contributed by atoms with Gasteiger partial charge >= 0.3 is 0 Å². The summed E-state index contributed by atoms with van der Waals surface area (Å²) in [6.07, 6.45) is 11.3. The Bertz CT molecular complexity index is 132. The van der Waals surface area contributed by atoms with Crippen molar-refractivity contribution in [2.45, 2.75) is 64.4 Å². The topological polar surface area (TPSA) is 9.23 Å². The summed E-state index contributed by atoms with van der Waals surface area (Å²) in [5.41, 5.74) is 0. The maximum atomic E-state index is 5.72. The van der Waals surface area contributed by atoms with Gasteiger partial charge in [-0.05, 0) is 50.0 Å². The predicted octanol–water partition coefficient (Wildman–Crippen LogP) is 4.26. The van der Waals surface area contributed by atoms with Gasteiger partial charge in [0.1, 0.15) is 0 Å². The van der Waals surface area contributed by atoms with E-state index >= 15 is 0 Å². The average Bonchev–Trinajstić information content (AvgIpc) is 2.29. The molecule has 0 bridgehead atoms. The van der Waals surface area contributed by atoms with Crippen molar-refractivity contribution in [2.75, 3.05) is 18.1 Å². The molecule has 1 rings (SSSR count). The number of thioether (sulfide) groups is 1. The van der Waals surface area contributed by atoms with Gasteiger partial charge in [-0.3, -0.25) is 0 Å². The SMILES string of the molecule is CCCCSCCCCC1CCCCO1. The maximum absolute atomic E-state index is 5.72. The first-order valence-electron chi connectivity index (χ1n) is 6.63. The molecule has 1 unspecified atom stereocenters. The van der Waals surface area contributed by atoms with Crippen molar-refractivity contribution >= 4 is 11.8 Å². The second-order valence-corrected chi connectivity index (χ2v) is 5.68. The lowest BCUT2D eigenvalue weighted by atomic mass is 10.0. The van der Waals surface area contributed by atoms with E-state index in [4.69, 9.17) is 4.74 Å². The van der Waals surface area contributed by atoms with Crippen LogP contribution in [0.1, 0.15) is 58.3 Å². The quantitative estimate of drug-likeness (QED) is 0.576. The molecule has 0 aromatic heterocycles. The summed E-state index contributed by atoms with van der Waals surface area (Å²) < 4.78 is 5.72. The molecule has 0 aromatic rings. The highest BCUT2D eigenvalue weighted by atomic mass is 32.2. The van der Waals surface area contributed by atoms with Gasteiger partial charge in [0.2, 0.25) is 0 Å². The molecule has 0 radical (unpaired) electrons. The van der Waals surface area contributed by atoms with E-state index in [1.54, 1.807) is 0 Å². The second kappa shape index (κ2) is 9.53. The average molecular weight is 230 g/mol. The summed E-state index contributed by atoms with van der Waals surface area (Å²) in [5.74, 6) is 2.71. The highest BCUT2D eigenvalue weighted by Crippen LogP contribution is 2.18. The summed E-state index contributed by atoms with van der Waals surface area (Å²) in [6.45, 7) is 3.27. The van der Waals surface area contributed by atoms with Crippen LogP contribution in [0.15, 0.2) is 0 Å². The zero-order valence-corrected chi connectivity index (χ0v) is 11.0. The Balaban J connectivity index is 1.79. The molecular formula is C13H26OS. The van der Waals surface area contributed by atoms with Crippen LogP contribution in [0.25, 0.3) is 0 Å². The number of hydrogen-bond donors (Lipinski definition) is 0. The van der Waals surface area contributed by atoms with Crippen molar-refractivity contribution in [3.63, 3.8) is 0 Å². The third-order valence-corrected chi connectivity index (χ3v) is 4.14. The molecule has 1 aliphatic rings. The lowest BCUT2D eigenvalue weighted by molar-refractivity contribution is 0.0101. The normalized spacial score (nSPS) is 21.8. The van der Waals surface area contributed by atoms with Gasteiger partial charge in [-0.2, -0.15) is 11.8 Å². The van der Waals surface area contributed by atoms with Crippen LogP contribution in [-0.4, -0.2) is 24.2 Å². The second-order valence-electron chi connectivity index (χ2n) is 4.45. The van der Waals surface area contributed by atoms with Crippen LogP contribution in [-0.2, 0) is 4.74 Å². The van der Waals surface area contributed by atoms with E-state index in [1.807, 2.05) is 0 Å². The van der Waals surface area contributed by atoms with Gasteiger partial charge in [0.05, 0.1) is 6.10 Å². The van der Waals surface area contributed by atoms with Crippen molar-refractivity contribution < 1.29 is 4.74 Å². The molecule has 1 atom stereocenters. The maximum Gasteiger partial charge on any atom is 0.0575 e. The third kappa shape index (κ3) is 7.24. The summed E-state index contributed by atoms with van der Waals surface area (Å²) >= 11 is 2.12. The standard InChI is InChI=1S/C13H26OS/c1-2-3-11-15-12-7-5-9-13-8-4-6-10-14-13/h13H,2-12H2,1H3. The molecule has 1 fully saturated rings. The molecular weight excluding hydrogens is 204 g/mol. The lowest BCUT2D eigenvalue weighted by Gasteiger charge is -2.22. The highest BCUT2D eigenvalue weighted by Gasteiger charge is 2.12. The Kier molecular flexibility index (Phi) is 8.50. The first-order valence-corrected chi connectivity index (χ1v) is 7.78. The monoisotopic (exact) mass is 230 g/mol. The minimum absolute atomic E-state index is 0.597. The minimum Gasteiger partial charge on any atom is -0.378 e. The smallest absolute Gasteiger partial charge is 0.0575 e. The van der Waals surface area contributed by atoms with E-state index in [1.165, 1.54) is 62.9 Å². The van der Waals surface area contributed by atoms with Gasteiger partial charge in [-0.15, -0.1) is 0 Å². The fourth-order valence-corrected chi connectivity index (χ4v) is 3.06. The van der Waals surface area contributed by atoms with Crippen molar-refractivity contribution in [1.29, 1.82) is 0 Å². The molecule has 0 N–H and O–H groups in total. The van der Waals surface area contributed by atoms with Gasteiger partial charge in [0.25, 0.3) is 0 Å². The Morgan fingerprint density at radius 2 is 2.00 bits per heavy atom. The Labute approximate surface area is 99.3 Å². The number of ether oxygens (including phenoxy) is 1. The van der Waals surface area contributed by atoms with Gasteiger partial charge in [0.15, 0.2) is 0 Å². The summed E-state index contributed by atoms with van der Waals surface area (Å²) in [5, 5.41) is 0. The fourth-order valence-electron chi connectivity index (χ4n) is 1.96. The summed E-state index contributed by atoms with van der Waals surface area (Å²) in [6, 6.07) is 0. The zero-order valence-electron chi connectivity index (χ0n) is 10.2. The molecule has 2 heteroatoms. The van der Waals surface area contributed by atoms with Gasteiger partial charge in [-0.25, -0.2) is 0 Å². The van der Waals surface area contributed by atoms with Crippen molar-refractivity contribution in [3.05, 3.63) is 0 Å². The fraction of sp³-hybridized carbons (Fsp3) is 1.00. The highest BCUT2D eigenvalue weighted by molar-refractivity contribution is 7.99. The van der Waals surface area contributed by atoms with Gasteiger partial charge < -0.3 is 4.74 Å². The first-order chi connectivity index (χ1) is 7.43. The van der Waals surface area contributed by atoms with E-state index in [-0.39, 0.29) is 0 Å². The molecule has 15 heavy (non-hydrogen) atoms. The molecule has 0 aromatic carbocycles. The first kappa shape index (κ1) is 13.4. The Morgan fingerprint density at radius 3 is 2.73 bits per heavy atom. The largest absolute Gasteiger partial charge is 0.378 e.